The predicted octanol–water partition coefficient (Wildman–Crippen LogP) is 4.55. The van der Waals surface area contributed by atoms with Gasteiger partial charge in [0.2, 0.25) is 17.6 Å². The molecule has 150 valence electrons. The first kappa shape index (κ1) is 19.6. The Morgan fingerprint density at radius 3 is 2.93 bits per heavy atom. The average Bonchev–Trinajstić information content (AvgIpc) is 3.20. The molecule has 4 rings (SSSR count). The lowest BCUT2D eigenvalue weighted by atomic mass is 9.97. The Hall–Kier alpha value is -2.70. The highest BCUT2D eigenvalue weighted by Gasteiger charge is 2.27. The van der Waals surface area contributed by atoms with E-state index in [2.05, 4.69) is 20.4 Å². The molecule has 0 aliphatic carbocycles. The number of hydrogen-bond acceptors (Lipinski definition) is 5. The molecular formula is C22H23ClN4O2. The zero-order valence-corrected chi connectivity index (χ0v) is 17.0. The van der Waals surface area contributed by atoms with Gasteiger partial charge in [-0.25, -0.2) is 0 Å². The maximum Gasteiger partial charge on any atom is 0.241 e. The fraction of sp³-hybridized carbons (Fsp3) is 0.318. The number of likely N-dealkylation sites (tertiary alicyclic amines) is 1. The monoisotopic (exact) mass is 410 g/mol. The molecule has 0 saturated carbocycles. The van der Waals surface area contributed by atoms with Crippen molar-refractivity contribution in [3.05, 3.63) is 65.0 Å². The molecule has 1 fully saturated rings. The van der Waals surface area contributed by atoms with E-state index in [-0.39, 0.29) is 11.8 Å². The summed E-state index contributed by atoms with van der Waals surface area (Å²) in [6, 6.07) is 15.3. The molecule has 1 aromatic heterocycles. The van der Waals surface area contributed by atoms with Crippen LogP contribution in [0.1, 0.15) is 24.3 Å². The number of benzene rings is 2. The quantitative estimate of drug-likeness (QED) is 0.668. The number of aryl methyl sites for hydroxylation is 1. The number of hydrogen-bond donors (Lipinski definition) is 1. The van der Waals surface area contributed by atoms with E-state index in [0.717, 1.165) is 36.2 Å². The van der Waals surface area contributed by atoms with Crippen LogP contribution >= 0.6 is 11.6 Å². The maximum absolute atomic E-state index is 12.8. The van der Waals surface area contributed by atoms with Crippen molar-refractivity contribution in [2.75, 3.05) is 18.4 Å². The Balaban J connectivity index is 1.38. The smallest absolute Gasteiger partial charge is 0.241 e. The van der Waals surface area contributed by atoms with Gasteiger partial charge < -0.3 is 9.84 Å². The Bertz CT molecular complexity index is 989. The van der Waals surface area contributed by atoms with Crippen LogP contribution in [0.25, 0.3) is 11.4 Å². The highest BCUT2D eigenvalue weighted by Crippen LogP contribution is 2.24. The van der Waals surface area contributed by atoms with Gasteiger partial charge in [0.15, 0.2) is 0 Å². The zero-order chi connectivity index (χ0) is 20.2. The SMILES string of the molecule is Cc1ccc(Cl)cc1NC(=O)C1CCCN(Cc2nc(-c3ccccc3)no2)C1. The standard InChI is InChI=1S/C22H23ClN4O2/c1-15-9-10-18(23)12-19(15)24-22(28)17-8-5-11-27(13-17)14-20-25-21(26-29-20)16-6-3-2-4-7-16/h2-4,6-7,9-10,12,17H,5,8,11,13-14H2,1H3,(H,24,28). The van der Waals surface area contributed by atoms with Gasteiger partial charge in [0.25, 0.3) is 0 Å². The summed E-state index contributed by atoms with van der Waals surface area (Å²) in [5.41, 5.74) is 2.69. The van der Waals surface area contributed by atoms with E-state index in [1.165, 1.54) is 0 Å². The van der Waals surface area contributed by atoms with E-state index in [9.17, 15) is 4.79 Å². The average molecular weight is 411 g/mol. The summed E-state index contributed by atoms with van der Waals surface area (Å²) in [6.07, 6.45) is 1.81. The summed E-state index contributed by atoms with van der Waals surface area (Å²) in [5, 5.41) is 7.72. The molecule has 2 aromatic carbocycles. The van der Waals surface area contributed by atoms with Crippen molar-refractivity contribution in [3.8, 4) is 11.4 Å². The van der Waals surface area contributed by atoms with Gasteiger partial charge in [-0.15, -0.1) is 0 Å². The summed E-state index contributed by atoms with van der Waals surface area (Å²) < 4.78 is 5.42. The minimum atomic E-state index is -0.0846. The second kappa shape index (κ2) is 8.76. The van der Waals surface area contributed by atoms with Crippen LogP contribution in [0.5, 0.6) is 0 Å². The van der Waals surface area contributed by atoms with Crippen LogP contribution < -0.4 is 5.32 Å². The van der Waals surface area contributed by atoms with Gasteiger partial charge >= 0.3 is 0 Å². The van der Waals surface area contributed by atoms with Crippen molar-refractivity contribution < 1.29 is 9.32 Å². The van der Waals surface area contributed by atoms with Crippen LogP contribution in [-0.2, 0) is 11.3 Å². The number of rotatable bonds is 5. The molecule has 1 saturated heterocycles. The molecule has 1 amide bonds. The minimum Gasteiger partial charge on any atom is -0.338 e. The number of carbonyl (C=O) groups is 1. The molecule has 2 heterocycles. The number of piperidine rings is 1. The van der Waals surface area contributed by atoms with Crippen molar-refractivity contribution in [2.24, 2.45) is 5.92 Å². The van der Waals surface area contributed by atoms with Crippen LogP contribution in [0, 0.1) is 12.8 Å². The number of amides is 1. The van der Waals surface area contributed by atoms with Crippen molar-refractivity contribution >= 4 is 23.2 Å². The molecule has 6 nitrogen and oxygen atoms in total. The topological polar surface area (TPSA) is 71.3 Å². The molecule has 0 radical (unpaired) electrons. The molecule has 1 atom stereocenters. The zero-order valence-electron chi connectivity index (χ0n) is 16.3. The molecule has 1 aliphatic rings. The first-order valence-corrected chi connectivity index (χ1v) is 10.1. The van der Waals surface area contributed by atoms with E-state index >= 15 is 0 Å². The van der Waals surface area contributed by atoms with Crippen LogP contribution in [0.15, 0.2) is 53.1 Å². The van der Waals surface area contributed by atoms with Crippen molar-refractivity contribution in [1.82, 2.24) is 15.0 Å². The summed E-state index contributed by atoms with van der Waals surface area (Å²) in [6.45, 7) is 4.07. The Morgan fingerprint density at radius 2 is 2.10 bits per heavy atom. The van der Waals surface area contributed by atoms with Crippen LogP contribution in [0.3, 0.4) is 0 Å². The molecular weight excluding hydrogens is 388 g/mol. The van der Waals surface area contributed by atoms with Crippen molar-refractivity contribution in [2.45, 2.75) is 26.3 Å². The highest BCUT2D eigenvalue weighted by atomic mass is 35.5. The molecule has 3 aromatic rings. The van der Waals surface area contributed by atoms with Gasteiger partial charge in [-0.2, -0.15) is 4.98 Å². The number of carbonyl (C=O) groups excluding carboxylic acids is 1. The van der Waals surface area contributed by atoms with Gasteiger partial charge in [0, 0.05) is 22.8 Å². The van der Waals surface area contributed by atoms with E-state index in [1.807, 2.05) is 49.4 Å². The molecule has 1 N–H and O–H groups in total. The Kier molecular flexibility index (Phi) is 5.92. The number of halogens is 1. The molecule has 1 aliphatic heterocycles. The van der Waals surface area contributed by atoms with Crippen molar-refractivity contribution in [3.63, 3.8) is 0 Å². The molecule has 7 heteroatoms. The third-order valence-corrected chi connectivity index (χ3v) is 5.43. The van der Waals surface area contributed by atoms with Gasteiger partial charge in [0.1, 0.15) is 0 Å². The van der Waals surface area contributed by atoms with Crippen LogP contribution in [-0.4, -0.2) is 34.0 Å². The number of anilines is 1. The maximum atomic E-state index is 12.8. The molecule has 0 spiro atoms. The lowest BCUT2D eigenvalue weighted by molar-refractivity contribution is -0.121. The Morgan fingerprint density at radius 1 is 1.28 bits per heavy atom. The van der Waals surface area contributed by atoms with E-state index in [0.29, 0.717) is 29.8 Å². The van der Waals surface area contributed by atoms with Gasteiger partial charge in [-0.3, -0.25) is 9.69 Å². The third-order valence-electron chi connectivity index (χ3n) is 5.19. The number of nitrogens with zero attached hydrogens (tertiary/aromatic N) is 3. The summed E-state index contributed by atoms with van der Waals surface area (Å²) in [5.74, 6) is 1.09. The summed E-state index contributed by atoms with van der Waals surface area (Å²) >= 11 is 6.06. The fourth-order valence-electron chi connectivity index (χ4n) is 3.59. The fourth-order valence-corrected chi connectivity index (χ4v) is 3.76. The minimum absolute atomic E-state index is 0.0237. The lowest BCUT2D eigenvalue weighted by Crippen LogP contribution is -2.40. The van der Waals surface area contributed by atoms with Crippen LogP contribution in [0.2, 0.25) is 5.02 Å². The predicted molar refractivity (Wildman–Crippen MR) is 113 cm³/mol. The van der Waals surface area contributed by atoms with Gasteiger partial charge in [0.05, 0.1) is 12.5 Å². The number of nitrogens with one attached hydrogen (secondary N) is 1. The normalized spacial score (nSPS) is 17.2. The van der Waals surface area contributed by atoms with Gasteiger partial charge in [-0.1, -0.05) is 53.2 Å². The third kappa shape index (κ3) is 4.83. The summed E-state index contributed by atoms with van der Waals surface area (Å²) in [4.78, 5) is 19.5. The van der Waals surface area contributed by atoms with E-state index in [1.54, 1.807) is 6.07 Å². The van der Waals surface area contributed by atoms with Gasteiger partial charge in [-0.05, 0) is 44.0 Å². The summed E-state index contributed by atoms with van der Waals surface area (Å²) in [7, 11) is 0. The van der Waals surface area contributed by atoms with E-state index < -0.39 is 0 Å². The molecule has 1 unspecified atom stereocenters. The Labute approximate surface area is 174 Å². The van der Waals surface area contributed by atoms with E-state index in [4.69, 9.17) is 16.1 Å². The first-order chi connectivity index (χ1) is 14.1. The molecule has 0 bridgehead atoms. The molecule has 29 heavy (non-hydrogen) atoms. The number of aromatic nitrogens is 2. The van der Waals surface area contributed by atoms with Crippen LogP contribution in [0.4, 0.5) is 5.69 Å². The lowest BCUT2D eigenvalue weighted by Gasteiger charge is -2.31. The second-order valence-electron chi connectivity index (χ2n) is 7.40. The second-order valence-corrected chi connectivity index (χ2v) is 7.84. The highest BCUT2D eigenvalue weighted by molar-refractivity contribution is 6.31. The van der Waals surface area contributed by atoms with Crippen molar-refractivity contribution in [1.29, 1.82) is 0 Å². The largest absolute Gasteiger partial charge is 0.338 e. The first-order valence-electron chi connectivity index (χ1n) is 9.76.